The van der Waals surface area contributed by atoms with Gasteiger partial charge in [-0.15, -0.1) is 0 Å². The van der Waals surface area contributed by atoms with Crippen LogP contribution in [0.3, 0.4) is 0 Å². The van der Waals surface area contributed by atoms with Gasteiger partial charge in [0.2, 0.25) is 5.91 Å². The SMILES string of the molecule is Cc1cc(C(=O)N[C@@H]2CCCCNC2=O)c2c(C)nn(C)c2n1. The molecular weight excluding hydrogens is 294 g/mol. The molecule has 1 atom stereocenters. The number of fused-ring (bicyclic) bond motifs is 1. The predicted octanol–water partition coefficient (Wildman–Crippen LogP) is 0.984. The van der Waals surface area contributed by atoms with Gasteiger partial charge in [0.1, 0.15) is 6.04 Å². The van der Waals surface area contributed by atoms with E-state index >= 15 is 0 Å². The molecule has 1 aliphatic heterocycles. The van der Waals surface area contributed by atoms with Crippen LogP contribution in [0.2, 0.25) is 0 Å². The normalized spacial score (nSPS) is 18.6. The van der Waals surface area contributed by atoms with E-state index in [0.29, 0.717) is 24.2 Å². The molecule has 7 nitrogen and oxygen atoms in total. The number of amides is 2. The highest BCUT2D eigenvalue weighted by Crippen LogP contribution is 2.22. The van der Waals surface area contributed by atoms with Crippen LogP contribution in [-0.4, -0.2) is 39.2 Å². The average molecular weight is 315 g/mol. The molecule has 7 heteroatoms. The van der Waals surface area contributed by atoms with Gasteiger partial charge in [0.05, 0.1) is 16.6 Å². The lowest BCUT2D eigenvalue weighted by atomic mass is 10.1. The third kappa shape index (κ3) is 2.91. The first kappa shape index (κ1) is 15.5. The average Bonchev–Trinajstić information content (AvgIpc) is 2.66. The number of nitrogens with zero attached hydrogens (tertiary/aromatic N) is 3. The Balaban J connectivity index is 1.96. The van der Waals surface area contributed by atoms with Gasteiger partial charge in [-0.1, -0.05) is 0 Å². The summed E-state index contributed by atoms with van der Waals surface area (Å²) in [5, 5.41) is 10.8. The minimum absolute atomic E-state index is 0.110. The van der Waals surface area contributed by atoms with Crippen LogP contribution in [0.5, 0.6) is 0 Å². The van der Waals surface area contributed by atoms with Crippen molar-refractivity contribution in [2.24, 2.45) is 7.05 Å². The number of hydrogen-bond donors (Lipinski definition) is 2. The van der Waals surface area contributed by atoms with Gasteiger partial charge in [-0.05, 0) is 39.2 Å². The Hall–Kier alpha value is -2.44. The van der Waals surface area contributed by atoms with Gasteiger partial charge in [-0.3, -0.25) is 14.3 Å². The van der Waals surface area contributed by atoms with Gasteiger partial charge >= 0.3 is 0 Å². The third-order valence-electron chi connectivity index (χ3n) is 4.18. The topological polar surface area (TPSA) is 88.9 Å². The summed E-state index contributed by atoms with van der Waals surface area (Å²) < 4.78 is 1.67. The number of carbonyl (C=O) groups is 2. The molecule has 0 saturated carbocycles. The van der Waals surface area contributed by atoms with Gasteiger partial charge < -0.3 is 10.6 Å². The van der Waals surface area contributed by atoms with Crippen LogP contribution in [0.4, 0.5) is 0 Å². The summed E-state index contributed by atoms with van der Waals surface area (Å²) in [6.45, 7) is 4.37. The standard InChI is InChI=1S/C16H21N5O2/c1-9-8-11(13-10(2)20-21(3)14(13)18-9)15(22)19-12-6-4-5-7-17-16(12)23/h8,12H,4-7H2,1-3H3,(H,17,23)(H,19,22)/t12-/m1/s1. The number of rotatable bonds is 2. The molecule has 1 fully saturated rings. The molecular formula is C16H21N5O2. The van der Waals surface area contributed by atoms with Crippen molar-refractivity contribution < 1.29 is 9.59 Å². The smallest absolute Gasteiger partial charge is 0.252 e. The Morgan fingerprint density at radius 1 is 1.39 bits per heavy atom. The van der Waals surface area contributed by atoms with E-state index in [1.807, 2.05) is 20.9 Å². The van der Waals surface area contributed by atoms with Gasteiger partial charge in [-0.25, -0.2) is 4.98 Å². The number of nitrogens with one attached hydrogen (secondary N) is 2. The molecule has 0 radical (unpaired) electrons. The molecule has 2 aromatic rings. The maximum atomic E-state index is 12.7. The summed E-state index contributed by atoms with van der Waals surface area (Å²) >= 11 is 0. The molecule has 2 N–H and O–H groups in total. The van der Waals surface area contributed by atoms with Crippen LogP contribution in [0.25, 0.3) is 11.0 Å². The van der Waals surface area contributed by atoms with Crippen LogP contribution in [0.1, 0.15) is 41.0 Å². The fraction of sp³-hybridized carbons (Fsp3) is 0.500. The van der Waals surface area contributed by atoms with E-state index in [9.17, 15) is 9.59 Å². The van der Waals surface area contributed by atoms with Crippen molar-refractivity contribution >= 4 is 22.8 Å². The summed E-state index contributed by atoms with van der Waals surface area (Å²) in [4.78, 5) is 29.2. The van der Waals surface area contributed by atoms with E-state index in [2.05, 4.69) is 20.7 Å². The van der Waals surface area contributed by atoms with E-state index in [4.69, 9.17) is 0 Å². The van der Waals surface area contributed by atoms with Crippen LogP contribution in [0, 0.1) is 13.8 Å². The molecule has 2 aromatic heterocycles. The fourth-order valence-corrected chi connectivity index (χ4v) is 3.06. The van der Waals surface area contributed by atoms with Crippen LogP contribution in [0.15, 0.2) is 6.07 Å². The van der Waals surface area contributed by atoms with Crippen molar-refractivity contribution in [2.75, 3.05) is 6.54 Å². The highest BCUT2D eigenvalue weighted by Gasteiger charge is 2.25. The number of aromatic nitrogens is 3. The van der Waals surface area contributed by atoms with E-state index < -0.39 is 6.04 Å². The Morgan fingerprint density at radius 2 is 2.17 bits per heavy atom. The second-order valence-electron chi connectivity index (χ2n) is 6.03. The highest BCUT2D eigenvalue weighted by molar-refractivity contribution is 6.07. The van der Waals surface area contributed by atoms with Gasteiger partial charge in [0.25, 0.3) is 5.91 Å². The summed E-state index contributed by atoms with van der Waals surface area (Å²) in [6.07, 6.45) is 2.52. The van der Waals surface area contributed by atoms with Gasteiger partial charge in [0.15, 0.2) is 5.65 Å². The Bertz CT molecular complexity index is 780. The predicted molar refractivity (Wildman–Crippen MR) is 86.1 cm³/mol. The van der Waals surface area contributed by atoms with E-state index in [-0.39, 0.29) is 11.8 Å². The van der Waals surface area contributed by atoms with Crippen molar-refractivity contribution in [1.29, 1.82) is 0 Å². The second kappa shape index (κ2) is 5.98. The first-order chi connectivity index (χ1) is 11.0. The van der Waals surface area contributed by atoms with Crippen molar-refractivity contribution in [1.82, 2.24) is 25.4 Å². The molecule has 0 aliphatic carbocycles. The minimum atomic E-state index is -0.481. The molecule has 23 heavy (non-hydrogen) atoms. The zero-order chi connectivity index (χ0) is 16.6. The molecule has 3 rings (SSSR count). The molecule has 122 valence electrons. The quantitative estimate of drug-likeness (QED) is 0.865. The molecule has 0 unspecified atom stereocenters. The maximum Gasteiger partial charge on any atom is 0.252 e. The monoisotopic (exact) mass is 315 g/mol. The number of aryl methyl sites for hydroxylation is 3. The third-order valence-corrected chi connectivity index (χ3v) is 4.18. The highest BCUT2D eigenvalue weighted by atomic mass is 16.2. The first-order valence-corrected chi connectivity index (χ1v) is 7.87. The molecule has 1 saturated heterocycles. The Morgan fingerprint density at radius 3 is 2.96 bits per heavy atom. The molecule has 0 aromatic carbocycles. The van der Waals surface area contributed by atoms with Crippen LogP contribution >= 0.6 is 0 Å². The number of hydrogen-bond acceptors (Lipinski definition) is 4. The summed E-state index contributed by atoms with van der Waals surface area (Å²) in [5.41, 5.74) is 2.70. The summed E-state index contributed by atoms with van der Waals surface area (Å²) in [6, 6.07) is 1.27. The fourth-order valence-electron chi connectivity index (χ4n) is 3.06. The summed E-state index contributed by atoms with van der Waals surface area (Å²) in [5.74, 6) is -0.362. The van der Waals surface area contributed by atoms with Crippen LogP contribution < -0.4 is 10.6 Å². The van der Waals surface area contributed by atoms with E-state index in [1.54, 1.807) is 10.7 Å². The number of pyridine rings is 1. The lowest BCUT2D eigenvalue weighted by molar-refractivity contribution is -0.122. The summed E-state index contributed by atoms with van der Waals surface area (Å²) in [7, 11) is 1.81. The minimum Gasteiger partial charge on any atom is -0.354 e. The Labute approximate surface area is 134 Å². The zero-order valence-electron chi connectivity index (χ0n) is 13.6. The number of carbonyl (C=O) groups excluding carboxylic acids is 2. The first-order valence-electron chi connectivity index (χ1n) is 7.87. The van der Waals surface area contributed by atoms with Gasteiger partial charge in [-0.2, -0.15) is 5.10 Å². The van der Waals surface area contributed by atoms with E-state index in [0.717, 1.165) is 29.6 Å². The lowest BCUT2D eigenvalue weighted by Gasteiger charge is -2.16. The van der Waals surface area contributed by atoms with Crippen LogP contribution in [-0.2, 0) is 11.8 Å². The molecule has 0 spiro atoms. The molecule has 0 bridgehead atoms. The van der Waals surface area contributed by atoms with Crippen molar-refractivity contribution in [3.8, 4) is 0 Å². The molecule has 2 amide bonds. The van der Waals surface area contributed by atoms with E-state index in [1.165, 1.54) is 0 Å². The molecule has 3 heterocycles. The Kier molecular flexibility index (Phi) is 4.02. The van der Waals surface area contributed by atoms with Gasteiger partial charge in [0, 0.05) is 19.3 Å². The largest absolute Gasteiger partial charge is 0.354 e. The molecule has 1 aliphatic rings. The zero-order valence-corrected chi connectivity index (χ0v) is 13.6. The second-order valence-corrected chi connectivity index (χ2v) is 6.03. The maximum absolute atomic E-state index is 12.7. The lowest BCUT2D eigenvalue weighted by Crippen LogP contribution is -2.45. The van der Waals surface area contributed by atoms with Crippen molar-refractivity contribution in [2.45, 2.75) is 39.2 Å². The van der Waals surface area contributed by atoms with Crippen molar-refractivity contribution in [3.63, 3.8) is 0 Å². The van der Waals surface area contributed by atoms with Crippen molar-refractivity contribution in [3.05, 3.63) is 23.0 Å².